The molecule has 0 fully saturated rings. The summed E-state index contributed by atoms with van der Waals surface area (Å²) in [6, 6.07) is 12.7. The molecule has 1 aliphatic rings. The van der Waals surface area contributed by atoms with Crippen molar-refractivity contribution in [1.82, 2.24) is 0 Å². The van der Waals surface area contributed by atoms with E-state index in [0.29, 0.717) is 5.56 Å². The minimum Gasteiger partial charge on any atom is -0.486 e. The van der Waals surface area contributed by atoms with Gasteiger partial charge in [0.15, 0.2) is 0 Å². The molecule has 1 aliphatic heterocycles. The van der Waals surface area contributed by atoms with E-state index in [-0.39, 0.29) is 18.0 Å². The normalized spacial score (nSPS) is 19.1. The molecule has 0 amide bonds. The minimum absolute atomic E-state index is 0.142. The Hall–Kier alpha value is -1.52. The molecule has 3 rings (SSSR count). The van der Waals surface area contributed by atoms with Crippen molar-refractivity contribution in [2.24, 2.45) is 5.73 Å². The standard InChI is InChI=1S/C16H16FNOS/c1-10-6-7-11(8-12(10)17)16(18)14-9-20-15-5-3-2-4-13(15)19-14/h2-8,14,16H,9,18H2,1H3. The zero-order chi connectivity index (χ0) is 14.1. The van der Waals surface area contributed by atoms with Gasteiger partial charge in [-0.25, -0.2) is 4.39 Å². The van der Waals surface area contributed by atoms with Gasteiger partial charge in [-0.2, -0.15) is 0 Å². The van der Waals surface area contributed by atoms with Gasteiger partial charge in [0.1, 0.15) is 17.7 Å². The number of aryl methyl sites for hydroxylation is 1. The van der Waals surface area contributed by atoms with E-state index in [1.54, 1.807) is 24.8 Å². The molecule has 20 heavy (non-hydrogen) atoms. The van der Waals surface area contributed by atoms with Crippen molar-refractivity contribution in [3.63, 3.8) is 0 Å². The van der Waals surface area contributed by atoms with E-state index in [9.17, 15) is 4.39 Å². The molecule has 4 heteroatoms. The topological polar surface area (TPSA) is 35.2 Å². The highest BCUT2D eigenvalue weighted by molar-refractivity contribution is 7.99. The first-order valence-electron chi connectivity index (χ1n) is 6.55. The molecule has 2 N–H and O–H groups in total. The first-order chi connectivity index (χ1) is 9.65. The number of rotatable bonds is 2. The molecule has 2 unspecified atom stereocenters. The molecule has 1 heterocycles. The Labute approximate surface area is 122 Å². The van der Waals surface area contributed by atoms with Crippen LogP contribution < -0.4 is 10.5 Å². The number of nitrogens with two attached hydrogens (primary N) is 1. The highest BCUT2D eigenvalue weighted by atomic mass is 32.2. The molecule has 0 aliphatic carbocycles. The predicted octanol–water partition coefficient (Wildman–Crippen LogP) is 3.69. The molecule has 0 aromatic heterocycles. The fourth-order valence-electron chi connectivity index (χ4n) is 2.24. The van der Waals surface area contributed by atoms with Crippen molar-refractivity contribution >= 4 is 11.8 Å². The van der Waals surface area contributed by atoms with Crippen LogP contribution in [-0.2, 0) is 0 Å². The van der Waals surface area contributed by atoms with Crippen LogP contribution in [0.25, 0.3) is 0 Å². The van der Waals surface area contributed by atoms with Gasteiger partial charge >= 0.3 is 0 Å². The number of halogens is 1. The van der Waals surface area contributed by atoms with Gasteiger partial charge in [0.2, 0.25) is 0 Å². The molecule has 0 saturated carbocycles. The molecule has 0 spiro atoms. The van der Waals surface area contributed by atoms with Gasteiger partial charge in [-0.1, -0.05) is 24.3 Å². The molecule has 2 nitrogen and oxygen atoms in total. The van der Waals surface area contributed by atoms with Crippen LogP contribution in [0.1, 0.15) is 17.2 Å². The van der Waals surface area contributed by atoms with E-state index < -0.39 is 0 Å². The summed E-state index contributed by atoms with van der Waals surface area (Å²) in [4.78, 5) is 1.13. The van der Waals surface area contributed by atoms with E-state index in [1.807, 2.05) is 30.3 Å². The highest BCUT2D eigenvalue weighted by Crippen LogP contribution is 2.37. The Morgan fingerprint density at radius 1 is 1.30 bits per heavy atom. The molecule has 2 atom stereocenters. The van der Waals surface area contributed by atoms with Crippen LogP contribution >= 0.6 is 11.8 Å². The fourth-order valence-corrected chi connectivity index (χ4v) is 3.30. The number of thioether (sulfide) groups is 1. The molecule has 0 saturated heterocycles. The van der Waals surface area contributed by atoms with Crippen LogP contribution in [-0.4, -0.2) is 11.9 Å². The summed E-state index contributed by atoms with van der Waals surface area (Å²) in [5.41, 5.74) is 7.65. The maximum atomic E-state index is 13.6. The first-order valence-corrected chi connectivity index (χ1v) is 7.54. The van der Waals surface area contributed by atoms with Gasteiger partial charge in [0, 0.05) is 10.6 Å². The first kappa shape index (κ1) is 13.5. The van der Waals surface area contributed by atoms with Crippen molar-refractivity contribution < 1.29 is 9.13 Å². The highest BCUT2D eigenvalue weighted by Gasteiger charge is 2.27. The molecular weight excluding hydrogens is 273 g/mol. The van der Waals surface area contributed by atoms with E-state index in [0.717, 1.165) is 22.0 Å². The average molecular weight is 289 g/mol. The lowest BCUT2D eigenvalue weighted by Gasteiger charge is -2.30. The Balaban J connectivity index is 1.82. The number of hydrogen-bond donors (Lipinski definition) is 1. The van der Waals surface area contributed by atoms with Gasteiger partial charge in [0.25, 0.3) is 0 Å². The Bertz CT molecular complexity index is 632. The summed E-state index contributed by atoms with van der Waals surface area (Å²) >= 11 is 1.73. The van der Waals surface area contributed by atoms with E-state index >= 15 is 0 Å². The molecule has 0 radical (unpaired) electrons. The van der Waals surface area contributed by atoms with Gasteiger partial charge < -0.3 is 10.5 Å². The summed E-state index contributed by atoms with van der Waals surface area (Å²) < 4.78 is 19.6. The van der Waals surface area contributed by atoms with E-state index in [4.69, 9.17) is 10.5 Å². The smallest absolute Gasteiger partial charge is 0.133 e. The Morgan fingerprint density at radius 2 is 2.10 bits per heavy atom. The summed E-state index contributed by atoms with van der Waals surface area (Å²) in [6.45, 7) is 1.74. The van der Waals surface area contributed by atoms with Gasteiger partial charge in [-0.05, 0) is 36.2 Å². The van der Waals surface area contributed by atoms with Gasteiger partial charge in [0.05, 0.1) is 6.04 Å². The molecule has 2 aromatic rings. The second-order valence-corrected chi connectivity index (χ2v) is 6.01. The molecule has 2 aromatic carbocycles. The third-order valence-electron chi connectivity index (χ3n) is 3.51. The van der Waals surface area contributed by atoms with E-state index in [1.165, 1.54) is 6.07 Å². The zero-order valence-electron chi connectivity index (χ0n) is 11.2. The van der Waals surface area contributed by atoms with Crippen molar-refractivity contribution in [1.29, 1.82) is 0 Å². The van der Waals surface area contributed by atoms with Crippen LogP contribution in [0.2, 0.25) is 0 Å². The fraction of sp³-hybridized carbons (Fsp3) is 0.250. The molecule has 0 bridgehead atoms. The third-order valence-corrected chi connectivity index (χ3v) is 4.66. The van der Waals surface area contributed by atoms with Crippen LogP contribution in [0, 0.1) is 12.7 Å². The Kier molecular flexibility index (Phi) is 3.68. The van der Waals surface area contributed by atoms with Crippen LogP contribution in [0.15, 0.2) is 47.4 Å². The van der Waals surface area contributed by atoms with Gasteiger partial charge in [-0.15, -0.1) is 11.8 Å². The lowest BCUT2D eigenvalue weighted by molar-refractivity contribution is 0.185. The van der Waals surface area contributed by atoms with Crippen molar-refractivity contribution in [3.8, 4) is 5.75 Å². The van der Waals surface area contributed by atoms with Crippen LogP contribution in [0.3, 0.4) is 0 Å². The quantitative estimate of drug-likeness (QED) is 0.916. The lowest BCUT2D eigenvalue weighted by atomic mass is 10.0. The maximum Gasteiger partial charge on any atom is 0.133 e. The largest absolute Gasteiger partial charge is 0.486 e. The SMILES string of the molecule is Cc1ccc(C(N)C2CSc3ccccc3O2)cc1F. The summed E-state index contributed by atoms with van der Waals surface area (Å²) in [5, 5.41) is 0. The summed E-state index contributed by atoms with van der Waals surface area (Å²) in [6.07, 6.45) is -0.142. The summed E-state index contributed by atoms with van der Waals surface area (Å²) in [7, 11) is 0. The minimum atomic E-state index is -0.328. The number of ether oxygens (including phenoxy) is 1. The second-order valence-electron chi connectivity index (χ2n) is 4.95. The van der Waals surface area contributed by atoms with Gasteiger partial charge in [-0.3, -0.25) is 0 Å². The lowest BCUT2D eigenvalue weighted by Crippen LogP contribution is -2.35. The Morgan fingerprint density at radius 3 is 2.90 bits per heavy atom. The zero-order valence-corrected chi connectivity index (χ0v) is 12.0. The average Bonchev–Trinajstić information content (AvgIpc) is 2.49. The molecular formula is C16H16FNOS. The van der Waals surface area contributed by atoms with Crippen molar-refractivity contribution in [2.75, 3.05) is 5.75 Å². The maximum absolute atomic E-state index is 13.6. The van der Waals surface area contributed by atoms with Crippen LogP contribution in [0.4, 0.5) is 4.39 Å². The number of hydrogen-bond acceptors (Lipinski definition) is 3. The number of fused-ring (bicyclic) bond motifs is 1. The van der Waals surface area contributed by atoms with Crippen molar-refractivity contribution in [2.45, 2.75) is 24.0 Å². The predicted molar refractivity (Wildman–Crippen MR) is 79.6 cm³/mol. The van der Waals surface area contributed by atoms with Crippen molar-refractivity contribution in [3.05, 3.63) is 59.4 Å². The monoisotopic (exact) mass is 289 g/mol. The van der Waals surface area contributed by atoms with Crippen LogP contribution in [0.5, 0.6) is 5.75 Å². The molecule has 104 valence electrons. The number of benzene rings is 2. The third kappa shape index (κ3) is 2.53. The second kappa shape index (κ2) is 5.46. The number of para-hydroxylation sites is 1. The summed E-state index contributed by atoms with van der Waals surface area (Å²) in [5.74, 6) is 1.41. The van der Waals surface area contributed by atoms with E-state index in [2.05, 4.69) is 0 Å².